The van der Waals surface area contributed by atoms with Gasteiger partial charge in [0.25, 0.3) is 5.56 Å². The van der Waals surface area contributed by atoms with E-state index in [1.165, 1.54) is 9.44 Å². The van der Waals surface area contributed by atoms with Gasteiger partial charge in [-0.3, -0.25) is 15.6 Å². The number of rotatable bonds is 6. The molecule has 0 saturated carbocycles. The number of hydrazine groups is 1. The van der Waals surface area contributed by atoms with Crippen LogP contribution in [0.3, 0.4) is 0 Å². The minimum absolute atomic E-state index is 0.0319. The zero-order chi connectivity index (χ0) is 19.7. The average Bonchev–Trinajstić information content (AvgIpc) is 3.27. The first kappa shape index (κ1) is 18.2. The van der Waals surface area contributed by atoms with E-state index >= 15 is 0 Å². The molecule has 2 aromatic heterocycles. The van der Waals surface area contributed by atoms with E-state index in [4.69, 9.17) is 4.74 Å². The van der Waals surface area contributed by atoms with Gasteiger partial charge in [-0.2, -0.15) is 0 Å². The van der Waals surface area contributed by atoms with Crippen molar-refractivity contribution < 1.29 is 9.53 Å². The third kappa shape index (κ3) is 3.16. The topological polar surface area (TPSA) is 85.3 Å². The number of carbonyl (C=O) groups is 1. The van der Waals surface area contributed by atoms with Crippen LogP contribution in [0.2, 0.25) is 0 Å². The Hall–Kier alpha value is -3.13. The van der Waals surface area contributed by atoms with Crippen LogP contribution in [0.5, 0.6) is 0 Å². The fourth-order valence-corrected chi connectivity index (χ4v) is 4.60. The molecule has 2 N–H and O–H groups in total. The maximum absolute atomic E-state index is 13.4. The van der Waals surface area contributed by atoms with E-state index in [0.717, 1.165) is 24.8 Å². The van der Waals surface area contributed by atoms with Crippen molar-refractivity contribution in [2.45, 2.75) is 26.2 Å². The van der Waals surface area contributed by atoms with E-state index in [1.807, 2.05) is 30.3 Å². The summed E-state index contributed by atoms with van der Waals surface area (Å²) in [6.45, 7) is 5.62. The summed E-state index contributed by atoms with van der Waals surface area (Å²) in [5.74, 6) is -0.283. The largest absolute Gasteiger partial charge is 0.461 e. The number of aromatic nitrogens is 2. The molecule has 1 aliphatic rings. The summed E-state index contributed by atoms with van der Waals surface area (Å²) < 4.78 is 6.43. The molecule has 144 valence electrons. The van der Waals surface area contributed by atoms with Crippen molar-refractivity contribution in [3.63, 3.8) is 0 Å². The summed E-state index contributed by atoms with van der Waals surface area (Å²) in [7, 11) is 0. The Morgan fingerprint density at radius 3 is 2.86 bits per heavy atom. The van der Waals surface area contributed by atoms with E-state index in [2.05, 4.69) is 22.4 Å². The molecule has 0 bridgehead atoms. The zero-order valence-electron chi connectivity index (χ0n) is 15.4. The summed E-state index contributed by atoms with van der Waals surface area (Å²) in [4.78, 5) is 31.8. The number of carbonyl (C=O) groups excluding carboxylic acids is 1. The van der Waals surface area contributed by atoms with Gasteiger partial charge in [-0.25, -0.2) is 14.3 Å². The first-order valence-corrected chi connectivity index (χ1v) is 9.92. The highest BCUT2D eigenvalue weighted by Gasteiger charge is 2.24. The Labute approximate surface area is 165 Å². The number of hydrogen-bond acceptors (Lipinski definition) is 7. The van der Waals surface area contributed by atoms with Crippen LogP contribution in [0.25, 0.3) is 15.9 Å². The number of benzene rings is 1. The van der Waals surface area contributed by atoms with E-state index < -0.39 is 5.97 Å². The number of nitrogens with zero attached hydrogens (tertiary/aromatic N) is 2. The number of aryl methyl sites for hydroxylation is 2. The van der Waals surface area contributed by atoms with Crippen LogP contribution in [0.15, 0.2) is 47.4 Å². The van der Waals surface area contributed by atoms with Gasteiger partial charge in [-0.05, 0) is 43.9 Å². The molecule has 2 heterocycles. The average molecular weight is 396 g/mol. The van der Waals surface area contributed by atoms with Gasteiger partial charge in [-0.1, -0.05) is 24.8 Å². The van der Waals surface area contributed by atoms with E-state index in [9.17, 15) is 9.59 Å². The van der Waals surface area contributed by atoms with Crippen molar-refractivity contribution in [1.82, 2.24) is 15.0 Å². The first-order chi connectivity index (χ1) is 13.6. The molecule has 28 heavy (non-hydrogen) atoms. The minimum Gasteiger partial charge on any atom is -0.461 e. The Morgan fingerprint density at radius 2 is 2.11 bits per heavy atom. The fourth-order valence-electron chi connectivity index (χ4n) is 3.34. The maximum atomic E-state index is 13.4. The van der Waals surface area contributed by atoms with Gasteiger partial charge in [0, 0.05) is 4.88 Å². The monoisotopic (exact) mass is 396 g/mol. The number of para-hydroxylation sites is 1. The number of ether oxygens (including phenoxy) is 1. The first-order valence-electron chi connectivity index (χ1n) is 9.11. The number of thiophene rings is 1. The van der Waals surface area contributed by atoms with E-state index in [-0.39, 0.29) is 23.8 Å². The zero-order valence-corrected chi connectivity index (χ0v) is 16.3. The quantitative estimate of drug-likeness (QED) is 0.379. The SMILES string of the molecule is C=C(NNc1nc2sc3c(c2c(=O)n1-c1ccccc1)CCC3)C(=O)OCC. The lowest BCUT2D eigenvalue weighted by Gasteiger charge is -2.16. The predicted octanol–water partition coefficient (Wildman–Crippen LogP) is 2.93. The van der Waals surface area contributed by atoms with Gasteiger partial charge >= 0.3 is 5.97 Å². The second-order valence-corrected chi connectivity index (χ2v) is 7.48. The molecular formula is C20H20N4O3S. The second kappa shape index (κ2) is 7.47. The third-order valence-corrected chi connectivity index (χ3v) is 5.79. The molecule has 0 atom stereocenters. The van der Waals surface area contributed by atoms with Crippen LogP contribution in [-0.2, 0) is 22.4 Å². The van der Waals surface area contributed by atoms with Crippen LogP contribution in [0.4, 0.5) is 5.95 Å². The van der Waals surface area contributed by atoms with Crippen LogP contribution in [0, 0.1) is 0 Å². The highest BCUT2D eigenvalue weighted by Crippen LogP contribution is 2.35. The summed E-state index contributed by atoms with van der Waals surface area (Å²) in [5.41, 5.74) is 7.27. The molecule has 1 aromatic carbocycles. The number of esters is 1. The lowest BCUT2D eigenvalue weighted by Crippen LogP contribution is -2.32. The summed E-state index contributed by atoms with van der Waals surface area (Å²) in [6, 6.07) is 9.29. The highest BCUT2D eigenvalue weighted by molar-refractivity contribution is 7.18. The van der Waals surface area contributed by atoms with Crippen molar-refractivity contribution in [3.05, 3.63) is 63.4 Å². The van der Waals surface area contributed by atoms with Crippen LogP contribution in [0.1, 0.15) is 23.8 Å². The van der Waals surface area contributed by atoms with Crippen LogP contribution in [-0.4, -0.2) is 22.1 Å². The van der Waals surface area contributed by atoms with Gasteiger partial charge < -0.3 is 4.74 Å². The predicted molar refractivity (Wildman–Crippen MR) is 110 cm³/mol. The molecule has 0 fully saturated rings. The molecule has 0 radical (unpaired) electrons. The summed E-state index contributed by atoms with van der Waals surface area (Å²) in [5, 5.41) is 0.691. The summed E-state index contributed by atoms with van der Waals surface area (Å²) >= 11 is 1.56. The normalized spacial score (nSPS) is 12.6. The Morgan fingerprint density at radius 1 is 1.32 bits per heavy atom. The van der Waals surface area contributed by atoms with Crippen LogP contribution < -0.4 is 16.4 Å². The maximum Gasteiger partial charge on any atom is 0.355 e. The molecule has 4 rings (SSSR count). The molecule has 1 aliphatic carbocycles. The highest BCUT2D eigenvalue weighted by atomic mass is 32.1. The smallest absolute Gasteiger partial charge is 0.355 e. The standard InChI is InChI=1S/C20H20N4O3S/c1-3-27-19(26)12(2)22-23-20-21-17-16(14-10-7-11-15(14)28-17)18(25)24(20)13-8-5-4-6-9-13/h4-6,8-9,22H,2-3,7,10-11H2,1H3,(H,21,23). The van der Waals surface area contributed by atoms with E-state index in [1.54, 1.807) is 18.3 Å². The van der Waals surface area contributed by atoms with Crippen molar-refractivity contribution >= 4 is 33.5 Å². The lowest BCUT2D eigenvalue weighted by atomic mass is 10.2. The third-order valence-electron chi connectivity index (χ3n) is 4.60. The van der Waals surface area contributed by atoms with Crippen LogP contribution >= 0.6 is 11.3 Å². The molecular weight excluding hydrogens is 376 g/mol. The number of hydrogen-bond donors (Lipinski definition) is 2. The molecule has 0 amide bonds. The van der Waals surface area contributed by atoms with Gasteiger partial charge in [0.15, 0.2) is 0 Å². The Kier molecular flexibility index (Phi) is 4.87. The summed E-state index contributed by atoms with van der Waals surface area (Å²) in [6.07, 6.45) is 2.97. The number of nitrogens with one attached hydrogen (secondary N) is 2. The fraction of sp³-hybridized carbons (Fsp3) is 0.250. The van der Waals surface area contributed by atoms with Crippen molar-refractivity contribution in [1.29, 1.82) is 0 Å². The second-order valence-electron chi connectivity index (χ2n) is 6.40. The molecule has 0 spiro atoms. The molecule has 8 heteroatoms. The molecule has 3 aromatic rings. The minimum atomic E-state index is -0.570. The van der Waals surface area contributed by atoms with Crippen molar-refractivity contribution in [2.75, 3.05) is 12.0 Å². The Bertz CT molecular complexity index is 1120. The Balaban J connectivity index is 1.80. The number of anilines is 1. The van der Waals surface area contributed by atoms with Gasteiger partial charge in [0.1, 0.15) is 10.5 Å². The van der Waals surface area contributed by atoms with Gasteiger partial charge in [0.05, 0.1) is 17.7 Å². The molecule has 0 unspecified atom stereocenters. The van der Waals surface area contributed by atoms with Gasteiger partial charge in [0.2, 0.25) is 5.95 Å². The van der Waals surface area contributed by atoms with E-state index in [0.29, 0.717) is 15.9 Å². The molecule has 0 aliphatic heterocycles. The molecule has 0 saturated heterocycles. The lowest BCUT2D eigenvalue weighted by molar-refractivity contribution is -0.138. The van der Waals surface area contributed by atoms with Crippen molar-refractivity contribution in [3.8, 4) is 5.69 Å². The van der Waals surface area contributed by atoms with Crippen molar-refractivity contribution in [2.24, 2.45) is 0 Å². The number of fused-ring (bicyclic) bond motifs is 3. The van der Waals surface area contributed by atoms with Gasteiger partial charge in [-0.15, -0.1) is 11.3 Å². The molecule has 7 nitrogen and oxygen atoms in total.